The molecule has 0 aromatic heterocycles. The largest absolute Gasteiger partial charge is 0.378 e. The Balaban J connectivity index is 2.78. The van der Waals surface area contributed by atoms with Crippen molar-refractivity contribution in [2.45, 2.75) is 0 Å². The molecule has 0 amide bonds. The summed E-state index contributed by atoms with van der Waals surface area (Å²) in [6.45, 7) is 4.72. The summed E-state index contributed by atoms with van der Waals surface area (Å²) in [4.78, 5) is 0. The quantitative estimate of drug-likeness (QED) is 0.216. The summed E-state index contributed by atoms with van der Waals surface area (Å²) in [5, 5.41) is 0. The number of hydrogen-bond donors (Lipinski definition) is 3. The first-order valence-corrected chi connectivity index (χ1v) is 4.78. The van der Waals surface area contributed by atoms with Crippen LogP contribution in [0.4, 0.5) is 0 Å². The predicted octanol–water partition coefficient (Wildman–Crippen LogP) is -1.54. The third-order valence-electron chi connectivity index (χ3n) is 1.40. The van der Waals surface area contributed by atoms with Crippen LogP contribution in [-0.2, 0) is 14.2 Å². The van der Waals surface area contributed by atoms with E-state index in [1.54, 1.807) is 0 Å². The van der Waals surface area contributed by atoms with Crippen molar-refractivity contribution in [2.24, 2.45) is 11.6 Å². The molecule has 0 saturated heterocycles. The van der Waals surface area contributed by atoms with Gasteiger partial charge in [-0.2, -0.15) is 0 Å². The number of nitrogens with one attached hydrogen (secondary N) is 1. The fourth-order valence-corrected chi connectivity index (χ4v) is 0.756. The molecule has 0 aromatic rings. The van der Waals surface area contributed by atoms with Gasteiger partial charge in [-0.25, -0.2) is 0 Å². The molecule has 0 aromatic carbocycles. The standard InChI is InChI=1S/C8H21N3O3/c9-1-3-12-5-7-14-8-6-13-4-2-11-10/h11H,1-10H2. The number of hydrazine groups is 1. The highest BCUT2D eigenvalue weighted by atomic mass is 16.5. The van der Waals surface area contributed by atoms with Crippen LogP contribution in [0.5, 0.6) is 0 Å². The molecule has 5 N–H and O–H groups in total. The van der Waals surface area contributed by atoms with Crippen LogP contribution in [0.3, 0.4) is 0 Å². The van der Waals surface area contributed by atoms with Gasteiger partial charge in [0.05, 0.1) is 39.6 Å². The Morgan fingerprint density at radius 1 is 0.786 bits per heavy atom. The van der Waals surface area contributed by atoms with E-state index in [1.807, 2.05) is 0 Å². The Labute approximate surface area is 84.8 Å². The summed E-state index contributed by atoms with van der Waals surface area (Å²) in [6, 6.07) is 0. The Morgan fingerprint density at radius 2 is 1.29 bits per heavy atom. The lowest BCUT2D eigenvalue weighted by molar-refractivity contribution is 0.0166. The van der Waals surface area contributed by atoms with Gasteiger partial charge in [-0.05, 0) is 0 Å². The highest BCUT2D eigenvalue weighted by Crippen LogP contribution is 1.80. The molecule has 86 valence electrons. The van der Waals surface area contributed by atoms with Gasteiger partial charge >= 0.3 is 0 Å². The lowest BCUT2D eigenvalue weighted by Crippen LogP contribution is -2.26. The highest BCUT2D eigenvalue weighted by molar-refractivity contribution is 4.36. The van der Waals surface area contributed by atoms with E-state index in [9.17, 15) is 0 Å². The van der Waals surface area contributed by atoms with Crippen molar-refractivity contribution in [1.82, 2.24) is 5.43 Å². The van der Waals surface area contributed by atoms with Gasteiger partial charge in [-0.1, -0.05) is 0 Å². The molecule has 0 atom stereocenters. The minimum atomic E-state index is 0.551. The fraction of sp³-hybridized carbons (Fsp3) is 1.00. The van der Waals surface area contributed by atoms with Crippen molar-refractivity contribution < 1.29 is 14.2 Å². The summed E-state index contributed by atoms with van der Waals surface area (Å²) in [6.07, 6.45) is 0. The molecule has 0 aliphatic rings. The number of hydrogen-bond acceptors (Lipinski definition) is 6. The van der Waals surface area contributed by atoms with Crippen molar-refractivity contribution in [2.75, 3.05) is 52.7 Å². The van der Waals surface area contributed by atoms with Crippen LogP contribution >= 0.6 is 0 Å². The smallest absolute Gasteiger partial charge is 0.0701 e. The normalized spacial score (nSPS) is 10.7. The molecule has 0 rings (SSSR count). The molecule has 0 spiro atoms. The second-order valence-corrected chi connectivity index (χ2v) is 2.58. The van der Waals surface area contributed by atoms with E-state index in [2.05, 4.69) is 5.43 Å². The second kappa shape index (κ2) is 12.8. The van der Waals surface area contributed by atoms with Gasteiger partial charge < -0.3 is 19.9 Å². The van der Waals surface area contributed by atoms with Crippen LogP contribution in [0.25, 0.3) is 0 Å². The molecule has 0 aliphatic carbocycles. The first-order chi connectivity index (χ1) is 6.91. The van der Waals surface area contributed by atoms with Crippen molar-refractivity contribution >= 4 is 0 Å². The number of rotatable bonds is 11. The van der Waals surface area contributed by atoms with Gasteiger partial charge in [-0.3, -0.25) is 11.3 Å². The molecular weight excluding hydrogens is 186 g/mol. The molecule has 0 bridgehead atoms. The molecule has 0 unspecified atom stereocenters. The summed E-state index contributed by atoms with van der Waals surface area (Å²) in [7, 11) is 0. The van der Waals surface area contributed by atoms with Gasteiger partial charge in [0.15, 0.2) is 0 Å². The van der Waals surface area contributed by atoms with Gasteiger partial charge in [-0.15, -0.1) is 0 Å². The van der Waals surface area contributed by atoms with Crippen LogP contribution in [0, 0.1) is 0 Å². The molecule has 0 fully saturated rings. The van der Waals surface area contributed by atoms with E-state index in [-0.39, 0.29) is 0 Å². The van der Waals surface area contributed by atoms with Crippen LogP contribution in [0.15, 0.2) is 0 Å². The molecule has 0 saturated carbocycles. The average molecular weight is 207 g/mol. The first kappa shape index (κ1) is 13.8. The molecular formula is C8H21N3O3. The minimum Gasteiger partial charge on any atom is -0.378 e. The van der Waals surface area contributed by atoms with Crippen molar-refractivity contribution in [1.29, 1.82) is 0 Å². The Bertz CT molecular complexity index is 93.8. The zero-order valence-corrected chi connectivity index (χ0v) is 8.54. The second-order valence-electron chi connectivity index (χ2n) is 2.58. The number of nitrogens with two attached hydrogens (primary N) is 2. The lowest BCUT2D eigenvalue weighted by Gasteiger charge is -2.05. The first-order valence-electron chi connectivity index (χ1n) is 4.78. The van der Waals surface area contributed by atoms with Gasteiger partial charge in [0.25, 0.3) is 0 Å². The fourth-order valence-electron chi connectivity index (χ4n) is 0.756. The highest BCUT2D eigenvalue weighted by Gasteiger charge is 1.90. The lowest BCUT2D eigenvalue weighted by atomic mass is 10.7. The van der Waals surface area contributed by atoms with E-state index < -0.39 is 0 Å². The molecule has 0 heterocycles. The summed E-state index contributed by atoms with van der Waals surface area (Å²) in [5.74, 6) is 5.05. The third kappa shape index (κ3) is 11.8. The van der Waals surface area contributed by atoms with Crippen molar-refractivity contribution in [3.05, 3.63) is 0 Å². The van der Waals surface area contributed by atoms with E-state index >= 15 is 0 Å². The topological polar surface area (TPSA) is 91.8 Å². The molecule has 0 aliphatic heterocycles. The van der Waals surface area contributed by atoms with E-state index in [0.29, 0.717) is 52.7 Å². The summed E-state index contributed by atoms with van der Waals surface area (Å²) < 4.78 is 15.5. The summed E-state index contributed by atoms with van der Waals surface area (Å²) >= 11 is 0. The maximum Gasteiger partial charge on any atom is 0.0701 e. The SMILES string of the molecule is NCCOCCOCCOCCNN. The zero-order chi connectivity index (χ0) is 10.5. The Kier molecular flexibility index (Phi) is 12.5. The molecule has 14 heavy (non-hydrogen) atoms. The zero-order valence-electron chi connectivity index (χ0n) is 8.54. The molecule has 0 radical (unpaired) electrons. The number of ether oxygens (including phenoxy) is 3. The van der Waals surface area contributed by atoms with Gasteiger partial charge in [0.1, 0.15) is 0 Å². The third-order valence-corrected chi connectivity index (χ3v) is 1.40. The van der Waals surface area contributed by atoms with Crippen LogP contribution < -0.4 is 17.0 Å². The average Bonchev–Trinajstić information content (AvgIpc) is 2.21. The van der Waals surface area contributed by atoms with Crippen molar-refractivity contribution in [3.63, 3.8) is 0 Å². The van der Waals surface area contributed by atoms with Gasteiger partial charge in [0.2, 0.25) is 0 Å². The predicted molar refractivity (Wildman–Crippen MR) is 53.7 cm³/mol. The van der Waals surface area contributed by atoms with Crippen LogP contribution in [0.1, 0.15) is 0 Å². The molecule has 6 nitrogen and oxygen atoms in total. The maximum atomic E-state index is 5.24. The Hall–Kier alpha value is -0.240. The van der Waals surface area contributed by atoms with Crippen LogP contribution in [0.2, 0.25) is 0 Å². The summed E-state index contributed by atoms with van der Waals surface area (Å²) in [5.41, 5.74) is 7.73. The van der Waals surface area contributed by atoms with E-state index in [0.717, 1.165) is 0 Å². The Morgan fingerprint density at radius 3 is 1.79 bits per heavy atom. The maximum absolute atomic E-state index is 5.24. The van der Waals surface area contributed by atoms with Crippen molar-refractivity contribution in [3.8, 4) is 0 Å². The van der Waals surface area contributed by atoms with Gasteiger partial charge in [0, 0.05) is 13.1 Å². The monoisotopic (exact) mass is 207 g/mol. The van der Waals surface area contributed by atoms with Crippen LogP contribution in [-0.4, -0.2) is 52.7 Å². The van der Waals surface area contributed by atoms with E-state index in [1.165, 1.54) is 0 Å². The molecule has 6 heteroatoms. The van der Waals surface area contributed by atoms with E-state index in [4.69, 9.17) is 25.8 Å². The minimum absolute atomic E-state index is 0.551.